The first kappa shape index (κ1) is 6.14. The van der Waals surface area contributed by atoms with E-state index in [4.69, 9.17) is 5.41 Å². The standard InChI is InChI=1S/C4H8N2O/c1-2-6-4(7)3-5/h3,5H,2H2,1H3,(H,6,7). The Bertz CT molecular complexity index is 79.8. The van der Waals surface area contributed by atoms with Gasteiger partial charge in [0.05, 0.1) is 6.21 Å². The first-order valence-corrected chi connectivity index (χ1v) is 2.09. The van der Waals surface area contributed by atoms with Crippen molar-refractivity contribution in [2.24, 2.45) is 0 Å². The van der Waals surface area contributed by atoms with E-state index in [0.717, 1.165) is 6.21 Å². The van der Waals surface area contributed by atoms with Gasteiger partial charge in [0, 0.05) is 6.54 Å². The minimum absolute atomic E-state index is 0.331. The van der Waals surface area contributed by atoms with Crippen molar-refractivity contribution in [3.63, 3.8) is 0 Å². The average Bonchev–Trinajstić information content (AvgIpc) is 1.68. The molecule has 0 aliphatic heterocycles. The molecule has 0 rings (SSSR count). The maximum Gasteiger partial charge on any atom is 0.261 e. The van der Waals surface area contributed by atoms with Crippen molar-refractivity contribution in [1.29, 1.82) is 5.41 Å². The number of carbonyl (C=O) groups is 1. The molecule has 0 aromatic rings. The summed E-state index contributed by atoms with van der Waals surface area (Å²) >= 11 is 0. The van der Waals surface area contributed by atoms with Gasteiger partial charge in [0.2, 0.25) is 0 Å². The number of hydrogen-bond donors (Lipinski definition) is 2. The summed E-state index contributed by atoms with van der Waals surface area (Å²) in [5, 5.41) is 8.79. The van der Waals surface area contributed by atoms with E-state index in [1.165, 1.54) is 0 Å². The highest BCUT2D eigenvalue weighted by molar-refractivity contribution is 6.24. The van der Waals surface area contributed by atoms with Gasteiger partial charge in [0.25, 0.3) is 5.91 Å². The lowest BCUT2D eigenvalue weighted by Crippen LogP contribution is -2.22. The van der Waals surface area contributed by atoms with Crippen LogP contribution in [0.1, 0.15) is 6.92 Å². The maximum atomic E-state index is 10.1. The van der Waals surface area contributed by atoms with Crippen LogP contribution >= 0.6 is 0 Å². The van der Waals surface area contributed by atoms with Gasteiger partial charge in [-0.25, -0.2) is 0 Å². The summed E-state index contributed by atoms with van der Waals surface area (Å²) in [5.41, 5.74) is 0. The molecule has 0 aromatic heterocycles. The summed E-state index contributed by atoms with van der Waals surface area (Å²) in [6.45, 7) is 2.40. The van der Waals surface area contributed by atoms with Crippen molar-refractivity contribution in [1.82, 2.24) is 5.32 Å². The van der Waals surface area contributed by atoms with Crippen molar-refractivity contribution in [3.05, 3.63) is 0 Å². The first-order chi connectivity index (χ1) is 3.31. The minimum atomic E-state index is -0.331. The van der Waals surface area contributed by atoms with Crippen molar-refractivity contribution >= 4 is 12.1 Å². The molecule has 0 bridgehead atoms. The van der Waals surface area contributed by atoms with E-state index in [9.17, 15) is 4.79 Å². The molecule has 7 heavy (non-hydrogen) atoms. The second-order valence-corrected chi connectivity index (χ2v) is 1.04. The molecule has 0 aliphatic rings. The summed E-state index contributed by atoms with van der Waals surface area (Å²) in [4.78, 5) is 10.1. The topological polar surface area (TPSA) is 53.0 Å². The van der Waals surface area contributed by atoms with Crippen LogP contribution < -0.4 is 5.32 Å². The zero-order valence-electron chi connectivity index (χ0n) is 4.19. The Labute approximate surface area is 42.2 Å². The first-order valence-electron chi connectivity index (χ1n) is 2.09. The zero-order chi connectivity index (χ0) is 5.70. The number of hydrogen-bond acceptors (Lipinski definition) is 2. The Morgan fingerprint density at radius 3 is 2.71 bits per heavy atom. The van der Waals surface area contributed by atoms with Crippen LogP contribution in [0.5, 0.6) is 0 Å². The molecule has 0 unspecified atom stereocenters. The van der Waals surface area contributed by atoms with E-state index in [1.54, 1.807) is 6.92 Å². The Balaban J connectivity index is 3.17. The quantitative estimate of drug-likeness (QED) is 0.463. The molecule has 0 aliphatic carbocycles. The molecule has 3 heteroatoms. The molecule has 2 N–H and O–H groups in total. The van der Waals surface area contributed by atoms with Crippen LogP contribution in [-0.4, -0.2) is 18.7 Å². The predicted octanol–water partition coefficient (Wildman–Crippen LogP) is -0.228. The molecular formula is C4H8N2O. The third kappa shape index (κ3) is 2.96. The largest absolute Gasteiger partial charge is 0.352 e. The van der Waals surface area contributed by atoms with Gasteiger partial charge in [0.15, 0.2) is 0 Å². The van der Waals surface area contributed by atoms with Crippen LogP contribution in [0.2, 0.25) is 0 Å². The second-order valence-electron chi connectivity index (χ2n) is 1.04. The van der Waals surface area contributed by atoms with Crippen molar-refractivity contribution in [2.45, 2.75) is 6.92 Å². The number of rotatable bonds is 2. The van der Waals surface area contributed by atoms with Crippen molar-refractivity contribution in [3.8, 4) is 0 Å². The van der Waals surface area contributed by atoms with Crippen LogP contribution in [0.15, 0.2) is 0 Å². The molecule has 0 atom stereocenters. The monoisotopic (exact) mass is 100 g/mol. The highest BCUT2D eigenvalue weighted by Crippen LogP contribution is 1.53. The Hall–Kier alpha value is -0.860. The van der Waals surface area contributed by atoms with Gasteiger partial charge >= 0.3 is 0 Å². The second kappa shape index (κ2) is 3.33. The van der Waals surface area contributed by atoms with Gasteiger partial charge < -0.3 is 10.7 Å². The van der Waals surface area contributed by atoms with Crippen LogP contribution in [0, 0.1) is 5.41 Å². The maximum absolute atomic E-state index is 10.1. The van der Waals surface area contributed by atoms with E-state index in [-0.39, 0.29) is 5.91 Å². The van der Waals surface area contributed by atoms with E-state index in [0.29, 0.717) is 6.54 Å². The number of carbonyl (C=O) groups excluding carboxylic acids is 1. The van der Waals surface area contributed by atoms with Gasteiger partial charge in [-0.2, -0.15) is 0 Å². The molecule has 0 aromatic carbocycles. The van der Waals surface area contributed by atoms with Gasteiger partial charge in [-0.15, -0.1) is 0 Å². The van der Waals surface area contributed by atoms with Crippen LogP contribution in [0.25, 0.3) is 0 Å². The number of nitrogens with one attached hydrogen (secondary N) is 2. The Kier molecular flexibility index (Phi) is 2.92. The third-order valence-electron chi connectivity index (χ3n) is 0.482. The summed E-state index contributed by atoms with van der Waals surface area (Å²) in [7, 11) is 0. The lowest BCUT2D eigenvalue weighted by molar-refractivity contribution is -0.114. The lowest BCUT2D eigenvalue weighted by atomic mass is 10.6. The highest BCUT2D eigenvalue weighted by Gasteiger charge is 1.85. The molecule has 0 heterocycles. The fraction of sp³-hybridized carbons (Fsp3) is 0.500. The molecule has 0 spiro atoms. The van der Waals surface area contributed by atoms with Crippen LogP contribution in [0.3, 0.4) is 0 Å². The molecular weight excluding hydrogens is 92.1 g/mol. The van der Waals surface area contributed by atoms with Gasteiger partial charge in [0.1, 0.15) is 0 Å². The lowest BCUT2D eigenvalue weighted by Gasteiger charge is -1.89. The summed E-state index contributed by atoms with van der Waals surface area (Å²) < 4.78 is 0. The van der Waals surface area contributed by atoms with E-state index < -0.39 is 0 Å². The van der Waals surface area contributed by atoms with Crippen LogP contribution in [0.4, 0.5) is 0 Å². The smallest absolute Gasteiger partial charge is 0.261 e. The fourth-order valence-electron chi connectivity index (χ4n) is 0.225. The molecule has 0 fully saturated rings. The van der Waals surface area contributed by atoms with E-state index in [2.05, 4.69) is 5.32 Å². The third-order valence-corrected chi connectivity index (χ3v) is 0.482. The van der Waals surface area contributed by atoms with Crippen LogP contribution in [-0.2, 0) is 4.79 Å². The predicted molar refractivity (Wildman–Crippen MR) is 27.5 cm³/mol. The van der Waals surface area contributed by atoms with Gasteiger partial charge in [-0.1, -0.05) is 0 Å². The zero-order valence-corrected chi connectivity index (χ0v) is 4.19. The van der Waals surface area contributed by atoms with Crippen molar-refractivity contribution < 1.29 is 4.79 Å². The Morgan fingerprint density at radius 2 is 2.57 bits per heavy atom. The van der Waals surface area contributed by atoms with Gasteiger partial charge in [-0.3, -0.25) is 4.79 Å². The average molecular weight is 100 g/mol. The Morgan fingerprint density at radius 1 is 2.00 bits per heavy atom. The SMILES string of the molecule is CCNC(=O)C=N. The molecule has 40 valence electrons. The fourth-order valence-corrected chi connectivity index (χ4v) is 0.225. The minimum Gasteiger partial charge on any atom is -0.352 e. The van der Waals surface area contributed by atoms with Crippen molar-refractivity contribution in [2.75, 3.05) is 6.54 Å². The van der Waals surface area contributed by atoms with E-state index >= 15 is 0 Å². The molecule has 3 nitrogen and oxygen atoms in total. The normalized spacial score (nSPS) is 7.57. The summed E-state index contributed by atoms with van der Waals surface area (Å²) in [5.74, 6) is -0.331. The summed E-state index contributed by atoms with van der Waals surface area (Å²) in [6, 6.07) is 0. The highest BCUT2D eigenvalue weighted by atomic mass is 16.1. The summed E-state index contributed by atoms with van der Waals surface area (Å²) in [6.07, 6.45) is 0.753. The molecule has 1 amide bonds. The molecule has 0 saturated heterocycles. The van der Waals surface area contributed by atoms with Gasteiger partial charge in [-0.05, 0) is 6.92 Å². The molecule has 0 saturated carbocycles. The molecule has 0 radical (unpaired) electrons. The van der Waals surface area contributed by atoms with E-state index in [1.807, 2.05) is 0 Å². The number of amides is 1.